The quantitative estimate of drug-likeness (QED) is 0.495. The van der Waals surface area contributed by atoms with Crippen LogP contribution in [0.1, 0.15) is 20.8 Å². The second-order valence-corrected chi connectivity index (χ2v) is 12.5. The number of phosphoric acid groups is 1. The molecule has 0 aromatic rings. The summed E-state index contributed by atoms with van der Waals surface area (Å²) >= 11 is 0. The predicted molar refractivity (Wildman–Crippen MR) is 75.7 cm³/mol. The van der Waals surface area contributed by atoms with Crippen molar-refractivity contribution < 1.29 is 31.3 Å². The van der Waals surface area contributed by atoms with Gasteiger partial charge in [0.2, 0.25) is 0 Å². The molecular weight excluding hydrogens is 309 g/mol. The third-order valence-corrected chi connectivity index (χ3v) is 9.24. The summed E-state index contributed by atoms with van der Waals surface area (Å²) < 4.78 is 57.3. The van der Waals surface area contributed by atoms with Crippen LogP contribution >= 0.6 is 7.82 Å². The van der Waals surface area contributed by atoms with Crippen LogP contribution in [0.15, 0.2) is 0 Å². The van der Waals surface area contributed by atoms with Crippen LogP contribution in [0, 0.1) is 0 Å². The number of alkyl halides is 2. The van der Waals surface area contributed by atoms with E-state index in [2.05, 4.69) is 9.05 Å². The Balaban J connectivity index is 4.81. The Morgan fingerprint density at radius 3 is 1.90 bits per heavy atom. The normalized spacial score (nSPS) is 15.7. The fourth-order valence-corrected chi connectivity index (χ4v) is 3.03. The highest BCUT2D eigenvalue weighted by Gasteiger charge is 2.42. The molecule has 0 aromatic heterocycles. The smallest absolute Gasteiger partial charge is 0.406 e. The Morgan fingerprint density at radius 1 is 1.15 bits per heavy atom. The van der Waals surface area contributed by atoms with Crippen molar-refractivity contribution in [2.24, 2.45) is 0 Å². The third kappa shape index (κ3) is 5.87. The zero-order valence-electron chi connectivity index (χ0n) is 13.1. The maximum absolute atomic E-state index is 13.0. The van der Waals surface area contributed by atoms with Crippen LogP contribution in [0.2, 0.25) is 18.1 Å². The molecule has 0 aromatic carbocycles. The average Bonchev–Trinajstić information content (AvgIpc) is 2.32. The van der Waals surface area contributed by atoms with Gasteiger partial charge in [0, 0.05) is 14.2 Å². The molecule has 20 heavy (non-hydrogen) atoms. The lowest BCUT2D eigenvalue weighted by molar-refractivity contribution is -0.0275. The summed E-state index contributed by atoms with van der Waals surface area (Å²) in [6, 6.07) is 0. The Morgan fingerprint density at radius 2 is 1.60 bits per heavy atom. The van der Waals surface area contributed by atoms with E-state index < -0.39 is 35.3 Å². The minimum absolute atomic E-state index is 0.216. The minimum Gasteiger partial charge on any atom is -0.406 e. The standard InChI is InChI=1S/C11H25F2O5PSi/c1-11(2,3)20(6,7)18-9(10(12)13)8-17-19(14,15-4)16-5/h9-10H,8H2,1-7H3/t9-/m1/s1. The lowest BCUT2D eigenvalue weighted by Crippen LogP contribution is -2.47. The van der Waals surface area contributed by atoms with E-state index in [4.69, 9.17) is 8.95 Å². The maximum atomic E-state index is 13.0. The molecule has 122 valence electrons. The van der Waals surface area contributed by atoms with Crippen molar-refractivity contribution in [2.45, 2.75) is 51.4 Å². The van der Waals surface area contributed by atoms with Gasteiger partial charge in [0.15, 0.2) is 8.32 Å². The van der Waals surface area contributed by atoms with Gasteiger partial charge in [-0.1, -0.05) is 20.8 Å². The molecule has 0 spiro atoms. The molecule has 0 bridgehead atoms. The van der Waals surface area contributed by atoms with Crippen molar-refractivity contribution in [3.05, 3.63) is 0 Å². The van der Waals surface area contributed by atoms with E-state index in [0.717, 1.165) is 14.2 Å². The van der Waals surface area contributed by atoms with Crippen molar-refractivity contribution in [3.63, 3.8) is 0 Å². The molecule has 9 heteroatoms. The molecule has 0 saturated heterocycles. The van der Waals surface area contributed by atoms with Crippen LogP contribution < -0.4 is 0 Å². The predicted octanol–water partition coefficient (Wildman–Crippen LogP) is 4.06. The van der Waals surface area contributed by atoms with E-state index in [9.17, 15) is 13.3 Å². The molecule has 0 fully saturated rings. The first-order valence-corrected chi connectivity index (χ1v) is 10.6. The summed E-state index contributed by atoms with van der Waals surface area (Å²) in [6.45, 7) is 8.99. The van der Waals surface area contributed by atoms with Gasteiger partial charge in [-0.15, -0.1) is 0 Å². The van der Waals surface area contributed by atoms with E-state index in [-0.39, 0.29) is 5.04 Å². The number of phosphoric ester groups is 1. The molecule has 0 aliphatic heterocycles. The highest BCUT2D eigenvalue weighted by atomic mass is 31.2. The zero-order valence-corrected chi connectivity index (χ0v) is 15.0. The highest BCUT2D eigenvalue weighted by Crippen LogP contribution is 2.48. The zero-order chi connectivity index (χ0) is 16.2. The molecule has 0 saturated carbocycles. The Hall–Kier alpha value is 0.147. The number of rotatable bonds is 8. The van der Waals surface area contributed by atoms with Crippen molar-refractivity contribution >= 4 is 16.1 Å². The Labute approximate surface area is 120 Å². The van der Waals surface area contributed by atoms with Gasteiger partial charge in [0.1, 0.15) is 6.10 Å². The SMILES string of the molecule is COP(=O)(OC)OC[C@@H](O[Si](C)(C)C(C)(C)C)C(F)F. The van der Waals surface area contributed by atoms with Gasteiger partial charge in [-0.2, -0.15) is 0 Å². The molecule has 0 heterocycles. The average molecular weight is 334 g/mol. The van der Waals surface area contributed by atoms with E-state index in [1.54, 1.807) is 0 Å². The van der Waals surface area contributed by atoms with E-state index in [1.807, 2.05) is 33.9 Å². The molecule has 0 aliphatic carbocycles. The number of hydrogen-bond donors (Lipinski definition) is 0. The van der Waals surface area contributed by atoms with Gasteiger partial charge >= 0.3 is 7.82 Å². The lowest BCUT2D eigenvalue weighted by atomic mass is 10.2. The summed E-state index contributed by atoms with van der Waals surface area (Å²) in [5.41, 5.74) is 0. The van der Waals surface area contributed by atoms with Gasteiger partial charge in [-0.3, -0.25) is 13.6 Å². The first-order chi connectivity index (χ1) is 8.88. The van der Waals surface area contributed by atoms with Crippen LogP contribution in [0.4, 0.5) is 8.78 Å². The molecule has 0 unspecified atom stereocenters. The molecule has 0 amide bonds. The lowest BCUT2D eigenvalue weighted by Gasteiger charge is -2.39. The molecule has 0 N–H and O–H groups in total. The summed E-state index contributed by atoms with van der Waals surface area (Å²) in [6.07, 6.45) is -4.21. The molecule has 5 nitrogen and oxygen atoms in total. The third-order valence-electron chi connectivity index (χ3n) is 3.38. The van der Waals surface area contributed by atoms with Crippen molar-refractivity contribution in [1.29, 1.82) is 0 Å². The van der Waals surface area contributed by atoms with Crippen LogP contribution in [0.5, 0.6) is 0 Å². The Bertz CT molecular complexity index is 338. The van der Waals surface area contributed by atoms with Gasteiger partial charge in [0.05, 0.1) is 6.61 Å². The van der Waals surface area contributed by atoms with Crippen LogP contribution in [0.25, 0.3) is 0 Å². The van der Waals surface area contributed by atoms with Crippen LogP contribution in [0.3, 0.4) is 0 Å². The van der Waals surface area contributed by atoms with E-state index in [0.29, 0.717) is 0 Å². The molecular formula is C11H25F2O5PSi. The molecule has 0 radical (unpaired) electrons. The topological polar surface area (TPSA) is 54.0 Å². The minimum atomic E-state index is -3.78. The summed E-state index contributed by atoms with van der Waals surface area (Å²) in [5.74, 6) is 0. The largest absolute Gasteiger partial charge is 0.474 e. The first kappa shape index (κ1) is 20.1. The van der Waals surface area contributed by atoms with Crippen molar-refractivity contribution in [3.8, 4) is 0 Å². The van der Waals surface area contributed by atoms with Crippen molar-refractivity contribution in [1.82, 2.24) is 0 Å². The highest BCUT2D eigenvalue weighted by molar-refractivity contribution is 7.48. The number of hydrogen-bond acceptors (Lipinski definition) is 5. The van der Waals surface area contributed by atoms with Crippen LogP contribution in [-0.2, 0) is 22.6 Å². The molecule has 0 rings (SSSR count). The second kappa shape index (κ2) is 7.42. The fraction of sp³-hybridized carbons (Fsp3) is 1.00. The molecule has 0 aliphatic rings. The first-order valence-electron chi connectivity index (χ1n) is 6.20. The van der Waals surface area contributed by atoms with Crippen molar-refractivity contribution in [2.75, 3.05) is 20.8 Å². The maximum Gasteiger partial charge on any atom is 0.474 e. The second-order valence-electron chi connectivity index (χ2n) is 5.86. The summed E-state index contributed by atoms with van der Waals surface area (Å²) in [7, 11) is -3.91. The van der Waals surface area contributed by atoms with Gasteiger partial charge in [0.25, 0.3) is 6.43 Å². The summed E-state index contributed by atoms with van der Waals surface area (Å²) in [5, 5.41) is -0.216. The van der Waals surface area contributed by atoms with Gasteiger partial charge < -0.3 is 4.43 Å². The summed E-state index contributed by atoms with van der Waals surface area (Å²) in [4.78, 5) is 0. The van der Waals surface area contributed by atoms with Gasteiger partial charge in [-0.05, 0) is 18.1 Å². The fourth-order valence-electron chi connectivity index (χ4n) is 1.06. The van der Waals surface area contributed by atoms with E-state index in [1.165, 1.54) is 0 Å². The van der Waals surface area contributed by atoms with Crippen LogP contribution in [-0.4, -0.2) is 41.7 Å². The Kier molecular flexibility index (Phi) is 7.48. The van der Waals surface area contributed by atoms with Gasteiger partial charge in [-0.25, -0.2) is 13.3 Å². The number of halogens is 2. The monoisotopic (exact) mass is 334 g/mol. The van der Waals surface area contributed by atoms with E-state index >= 15 is 0 Å². The molecule has 1 atom stereocenters.